The lowest BCUT2D eigenvalue weighted by Crippen LogP contribution is -2.19. The van der Waals surface area contributed by atoms with Crippen molar-refractivity contribution in [1.82, 2.24) is 10.2 Å². The number of anilines is 1. The van der Waals surface area contributed by atoms with Crippen molar-refractivity contribution in [2.45, 2.75) is 32.9 Å². The number of likely N-dealkylation sites (tertiary alicyclic amines) is 1. The Morgan fingerprint density at radius 2 is 1.70 bits per heavy atom. The van der Waals surface area contributed by atoms with E-state index in [4.69, 9.17) is 0 Å². The first-order valence-corrected chi connectivity index (χ1v) is 9.17. The van der Waals surface area contributed by atoms with E-state index in [0.29, 0.717) is 5.56 Å². The number of carbonyl (C=O) groups is 1. The highest BCUT2D eigenvalue weighted by atomic mass is 35.5. The van der Waals surface area contributed by atoms with E-state index in [-0.39, 0.29) is 30.7 Å². The molecule has 1 amide bonds. The maximum absolute atomic E-state index is 12.6. The largest absolute Gasteiger partial charge is 0.322 e. The van der Waals surface area contributed by atoms with E-state index in [2.05, 4.69) is 34.6 Å². The fraction of sp³-hybridized carbons (Fsp3) is 0.381. The summed E-state index contributed by atoms with van der Waals surface area (Å²) in [6, 6.07) is 16.0. The molecule has 2 aromatic carbocycles. The van der Waals surface area contributed by atoms with Gasteiger partial charge in [-0.2, -0.15) is 0 Å². The Kier molecular flexibility index (Phi) is 10.4. The van der Waals surface area contributed by atoms with Gasteiger partial charge in [0.05, 0.1) is 0 Å². The van der Waals surface area contributed by atoms with Crippen LogP contribution in [0.5, 0.6) is 0 Å². The Morgan fingerprint density at radius 3 is 2.44 bits per heavy atom. The van der Waals surface area contributed by atoms with Crippen molar-refractivity contribution in [3.8, 4) is 0 Å². The van der Waals surface area contributed by atoms with Crippen molar-refractivity contribution in [3.05, 3.63) is 65.2 Å². The summed E-state index contributed by atoms with van der Waals surface area (Å²) in [6.45, 7) is 7.08. The van der Waals surface area contributed by atoms with E-state index in [0.717, 1.165) is 38.4 Å². The lowest BCUT2D eigenvalue weighted by molar-refractivity contribution is 0.102. The number of amides is 1. The van der Waals surface area contributed by atoms with Crippen LogP contribution in [-0.4, -0.2) is 30.4 Å². The van der Waals surface area contributed by atoms with Gasteiger partial charge in [0.2, 0.25) is 0 Å². The Bertz CT molecular complexity index is 718. The molecule has 0 radical (unpaired) electrons. The van der Waals surface area contributed by atoms with E-state index in [9.17, 15) is 4.79 Å². The third-order valence-electron chi connectivity index (χ3n) is 4.56. The first kappa shape index (κ1) is 23.4. The van der Waals surface area contributed by atoms with Gasteiger partial charge in [0.25, 0.3) is 5.91 Å². The van der Waals surface area contributed by atoms with E-state index >= 15 is 0 Å². The summed E-state index contributed by atoms with van der Waals surface area (Å²) in [4.78, 5) is 15.0. The van der Waals surface area contributed by atoms with E-state index in [1.54, 1.807) is 0 Å². The summed E-state index contributed by atoms with van der Waals surface area (Å²) >= 11 is 0. The molecule has 3 rings (SSSR count). The van der Waals surface area contributed by atoms with Crippen LogP contribution in [0.4, 0.5) is 5.69 Å². The lowest BCUT2D eigenvalue weighted by Gasteiger charge is -2.15. The van der Waals surface area contributed by atoms with Gasteiger partial charge in [0.1, 0.15) is 0 Å². The van der Waals surface area contributed by atoms with Crippen LogP contribution in [-0.2, 0) is 13.1 Å². The number of rotatable bonds is 7. The monoisotopic (exact) mass is 409 g/mol. The van der Waals surface area contributed by atoms with Gasteiger partial charge in [0.15, 0.2) is 0 Å². The van der Waals surface area contributed by atoms with Crippen LogP contribution in [0, 0.1) is 0 Å². The molecule has 6 heteroatoms. The molecule has 4 nitrogen and oxygen atoms in total. The van der Waals surface area contributed by atoms with Crippen LogP contribution < -0.4 is 10.6 Å². The van der Waals surface area contributed by atoms with Gasteiger partial charge in [-0.3, -0.25) is 9.69 Å². The number of hydrogen-bond acceptors (Lipinski definition) is 3. The third kappa shape index (κ3) is 7.15. The van der Waals surface area contributed by atoms with Gasteiger partial charge >= 0.3 is 0 Å². The molecule has 2 aromatic rings. The number of nitrogens with zero attached hydrogens (tertiary/aromatic N) is 1. The quantitative estimate of drug-likeness (QED) is 0.707. The first-order chi connectivity index (χ1) is 12.2. The van der Waals surface area contributed by atoms with Gasteiger partial charge in [-0.05, 0) is 67.9 Å². The van der Waals surface area contributed by atoms with Crippen LogP contribution >= 0.6 is 24.8 Å². The van der Waals surface area contributed by atoms with E-state index in [1.165, 1.54) is 24.0 Å². The molecular weight excluding hydrogens is 381 g/mol. The van der Waals surface area contributed by atoms with E-state index in [1.807, 2.05) is 36.4 Å². The predicted octanol–water partition coefficient (Wildman–Crippen LogP) is 4.49. The normalized spacial score (nSPS) is 13.5. The topological polar surface area (TPSA) is 44.4 Å². The standard InChI is InChI=1S/C21H27N3O.2ClH/c1-2-22-15-17-7-6-10-20(14-17)23-21(25)19-9-5-8-18(13-19)16-24-11-3-4-12-24;;/h5-10,13-14,22H,2-4,11-12,15-16H2,1H3,(H,23,25);2*1H. The average Bonchev–Trinajstić information content (AvgIpc) is 3.13. The van der Waals surface area contributed by atoms with Crippen LogP contribution in [0.3, 0.4) is 0 Å². The van der Waals surface area contributed by atoms with Gasteiger partial charge in [-0.1, -0.05) is 31.2 Å². The van der Waals surface area contributed by atoms with Gasteiger partial charge in [-0.15, -0.1) is 24.8 Å². The molecule has 0 spiro atoms. The van der Waals surface area contributed by atoms with Crippen molar-refractivity contribution < 1.29 is 4.79 Å². The van der Waals surface area contributed by atoms with Gasteiger partial charge in [0, 0.05) is 24.3 Å². The predicted molar refractivity (Wildman–Crippen MR) is 117 cm³/mol. The fourth-order valence-electron chi connectivity index (χ4n) is 3.24. The zero-order valence-corrected chi connectivity index (χ0v) is 17.4. The zero-order valence-electron chi connectivity index (χ0n) is 15.7. The molecule has 1 fully saturated rings. The molecule has 0 bridgehead atoms. The minimum absolute atomic E-state index is 0. The molecule has 0 atom stereocenters. The summed E-state index contributed by atoms with van der Waals surface area (Å²) in [5, 5.41) is 6.32. The molecule has 1 aliphatic rings. The molecule has 1 saturated heterocycles. The highest BCUT2D eigenvalue weighted by Crippen LogP contribution is 2.16. The minimum Gasteiger partial charge on any atom is -0.322 e. The first-order valence-electron chi connectivity index (χ1n) is 9.17. The second kappa shape index (κ2) is 12.0. The average molecular weight is 410 g/mol. The number of halogens is 2. The number of benzene rings is 2. The second-order valence-electron chi connectivity index (χ2n) is 6.62. The third-order valence-corrected chi connectivity index (χ3v) is 4.56. The molecule has 0 aromatic heterocycles. The molecule has 1 aliphatic heterocycles. The Balaban J connectivity index is 0.00000182. The molecule has 1 heterocycles. The minimum atomic E-state index is -0.0520. The van der Waals surface area contributed by atoms with E-state index < -0.39 is 0 Å². The van der Waals surface area contributed by atoms with Gasteiger partial charge in [-0.25, -0.2) is 0 Å². The van der Waals surface area contributed by atoms with Crippen LogP contribution in [0.15, 0.2) is 48.5 Å². The summed E-state index contributed by atoms with van der Waals surface area (Å²) in [7, 11) is 0. The smallest absolute Gasteiger partial charge is 0.255 e. The lowest BCUT2D eigenvalue weighted by atomic mass is 10.1. The number of hydrogen-bond donors (Lipinski definition) is 2. The van der Waals surface area contributed by atoms with Gasteiger partial charge < -0.3 is 10.6 Å². The summed E-state index contributed by atoms with van der Waals surface area (Å²) in [6.07, 6.45) is 2.56. The number of nitrogens with one attached hydrogen (secondary N) is 2. The molecule has 2 N–H and O–H groups in total. The molecular formula is C21H29Cl2N3O. The SMILES string of the molecule is CCNCc1cccc(NC(=O)c2cccc(CN3CCCC3)c2)c1.Cl.Cl. The maximum atomic E-state index is 12.6. The summed E-state index contributed by atoms with van der Waals surface area (Å²) in [5.41, 5.74) is 3.93. The van der Waals surface area contributed by atoms with Crippen molar-refractivity contribution in [1.29, 1.82) is 0 Å². The fourth-order valence-corrected chi connectivity index (χ4v) is 3.24. The van der Waals surface area contributed by atoms with Crippen molar-refractivity contribution in [3.63, 3.8) is 0 Å². The molecule has 27 heavy (non-hydrogen) atoms. The molecule has 0 unspecified atom stereocenters. The highest BCUT2D eigenvalue weighted by Gasteiger charge is 2.13. The van der Waals surface area contributed by atoms with Crippen molar-refractivity contribution in [2.75, 3.05) is 25.0 Å². The molecule has 0 saturated carbocycles. The highest BCUT2D eigenvalue weighted by molar-refractivity contribution is 6.04. The zero-order chi connectivity index (χ0) is 17.5. The molecule has 0 aliphatic carbocycles. The van der Waals surface area contributed by atoms with Crippen LogP contribution in [0.25, 0.3) is 0 Å². The summed E-state index contributed by atoms with van der Waals surface area (Å²) in [5.74, 6) is -0.0520. The second-order valence-corrected chi connectivity index (χ2v) is 6.62. The summed E-state index contributed by atoms with van der Waals surface area (Å²) < 4.78 is 0. The van der Waals surface area contributed by atoms with Crippen molar-refractivity contribution >= 4 is 36.4 Å². The molecule has 148 valence electrons. The Labute approximate surface area is 174 Å². The van der Waals surface area contributed by atoms with Crippen LogP contribution in [0.1, 0.15) is 41.3 Å². The Hall–Kier alpha value is -1.59. The Morgan fingerprint density at radius 1 is 1.00 bits per heavy atom. The van der Waals surface area contributed by atoms with Crippen LogP contribution in [0.2, 0.25) is 0 Å². The number of carbonyl (C=O) groups excluding carboxylic acids is 1. The maximum Gasteiger partial charge on any atom is 0.255 e. The van der Waals surface area contributed by atoms with Crippen molar-refractivity contribution in [2.24, 2.45) is 0 Å².